The van der Waals surface area contributed by atoms with E-state index in [1.807, 2.05) is 6.07 Å². The smallest absolute Gasteiger partial charge is 0.147 e. The summed E-state index contributed by atoms with van der Waals surface area (Å²) in [5.74, 6) is 0. The first-order valence-electron chi connectivity index (χ1n) is 15.4. The second-order valence-electron chi connectivity index (χ2n) is 12.1. The molecule has 0 bridgehead atoms. The van der Waals surface area contributed by atoms with Crippen LogP contribution in [0.25, 0.3) is 98.4 Å². The van der Waals surface area contributed by atoms with E-state index in [2.05, 4.69) is 140 Å². The van der Waals surface area contributed by atoms with Gasteiger partial charge in [-0.3, -0.25) is 0 Å². The average Bonchev–Trinajstić information content (AvgIpc) is 3.64. The minimum absolute atomic E-state index is 0.855. The molecule has 0 spiro atoms. The van der Waals surface area contributed by atoms with Crippen LogP contribution in [0.1, 0.15) is 5.56 Å². The summed E-state index contributed by atoms with van der Waals surface area (Å²) in [4.78, 5) is 0. The monoisotopic (exact) mass is 574 g/mol. The van der Waals surface area contributed by atoms with Crippen molar-refractivity contribution in [2.75, 3.05) is 0 Å². The van der Waals surface area contributed by atoms with Crippen molar-refractivity contribution in [1.29, 1.82) is 0 Å². The molecule has 10 aromatic rings. The molecule has 0 N–H and O–H groups in total. The molecular weight excluding hydrogens is 548 g/mol. The van der Waals surface area contributed by atoms with E-state index in [9.17, 15) is 0 Å². The molecule has 0 aliphatic heterocycles. The molecule has 0 saturated heterocycles. The molecule has 2 heterocycles. The van der Waals surface area contributed by atoms with E-state index in [0.717, 1.165) is 55.0 Å². The first-order chi connectivity index (χ1) is 22.2. The van der Waals surface area contributed by atoms with Crippen LogP contribution in [0.5, 0.6) is 0 Å². The zero-order valence-electron chi connectivity index (χ0n) is 24.6. The molecule has 0 aliphatic carbocycles. The summed E-state index contributed by atoms with van der Waals surface area (Å²) < 4.78 is 13.6. The Morgan fingerprint density at radius 1 is 0.356 bits per heavy atom. The van der Waals surface area contributed by atoms with Crippen LogP contribution in [-0.4, -0.2) is 0 Å². The van der Waals surface area contributed by atoms with Gasteiger partial charge in [-0.05, 0) is 80.7 Å². The van der Waals surface area contributed by atoms with Crippen molar-refractivity contribution >= 4 is 76.2 Å². The highest BCUT2D eigenvalue weighted by atomic mass is 16.3. The number of hydrogen-bond donors (Lipinski definition) is 0. The summed E-state index contributed by atoms with van der Waals surface area (Å²) in [5, 5.41) is 11.7. The topological polar surface area (TPSA) is 26.3 Å². The molecule has 0 saturated carbocycles. The van der Waals surface area contributed by atoms with Crippen LogP contribution < -0.4 is 0 Å². The van der Waals surface area contributed by atoms with Crippen LogP contribution in [0.3, 0.4) is 0 Å². The number of rotatable bonds is 2. The SMILES string of the molecule is Cc1ccc2oc3c(-c4c5ccccc5c(-c5ccc6ccccc6c5)c5ccccc45)c4oc5ccccc5c4cc3c2c1. The quantitative estimate of drug-likeness (QED) is 0.192. The van der Waals surface area contributed by atoms with Gasteiger partial charge in [-0.15, -0.1) is 0 Å². The summed E-state index contributed by atoms with van der Waals surface area (Å²) in [6.07, 6.45) is 0. The van der Waals surface area contributed by atoms with Crippen LogP contribution in [0.15, 0.2) is 148 Å². The van der Waals surface area contributed by atoms with E-state index in [1.54, 1.807) is 0 Å². The molecule has 0 radical (unpaired) electrons. The van der Waals surface area contributed by atoms with Gasteiger partial charge in [0.15, 0.2) is 0 Å². The van der Waals surface area contributed by atoms with Crippen molar-refractivity contribution in [3.05, 3.63) is 145 Å². The van der Waals surface area contributed by atoms with Gasteiger partial charge < -0.3 is 8.83 Å². The van der Waals surface area contributed by atoms with Crippen LogP contribution >= 0.6 is 0 Å². The summed E-state index contributed by atoms with van der Waals surface area (Å²) >= 11 is 0. The van der Waals surface area contributed by atoms with Gasteiger partial charge in [-0.1, -0.05) is 115 Å². The lowest BCUT2D eigenvalue weighted by atomic mass is 9.84. The highest BCUT2D eigenvalue weighted by Crippen LogP contribution is 2.50. The second-order valence-corrected chi connectivity index (χ2v) is 12.1. The largest absolute Gasteiger partial charge is 0.455 e. The third-order valence-electron chi connectivity index (χ3n) is 9.48. The van der Waals surface area contributed by atoms with Gasteiger partial charge in [0, 0.05) is 27.1 Å². The van der Waals surface area contributed by atoms with Gasteiger partial charge in [-0.2, -0.15) is 0 Å². The van der Waals surface area contributed by atoms with Crippen LogP contribution in [0, 0.1) is 6.92 Å². The zero-order valence-corrected chi connectivity index (χ0v) is 24.6. The van der Waals surface area contributed by atoms with Crippen molar-refractivity contribution < 1.29 is 8.83 Å². The average molecular weight is 575 g/mol. The summed E-state index contributed by atoms with van der Waals surface area (Å²) in [5.41, 5.74) is 9.27. The van der Waals surface area contributed by atoms with Crippen molar-refractivity contribution in [3.63, 3.8) is 0 Å². The normalized spacial score (nSPS) is 12.1. The standard InChI is InChI=1S/C43H26O2/c1-25-18-21-38-34(22-25)36-24-35-29-12-8-9-17-37(29)44-42(35)41(43(36)45-38)40-32-15-6-4-13-30(32)39(31-14-5-7-16-33(31)40)28-20-19-26-10-2-3-11-27(26)23-28/h2-24H,1H3. The van der Waals surface area contributed by atoms with Crippen molar-refractivity contribution in [1.82, 2.24) is 0 Å². The van der Waals surface area contributed by atoms with E-state index < -0.39 is 0 Å². The third kappa shape index (κ3) is 3.45. The number of aryl methyl sites for hydroxylation is 1. The van der Waals surface area contributed by atoms with Gasteiger partial charge in [0.1, 0.15) is 22.3 Å². The fourth-order valence-electron chi connectivity index (χ4n) is 7.48. The minimum atomic E-state index is 0.855. The Hall–Kier alpha value is -5.86. The first-order valence-corrected chi connectivity index (χ1v) is 15.4. The van der Waals surface area contributed by atoms with E-state index in [0.29, 0.717) is 0 Å². The first kappa shape index (κ1) is 24.6. The lowest BCUT2D eigenvalue weighted by molar-refractivity contribution is 0.658. The van der Waals surface area contributed by atoms with Gasteiger partial charge in [0.05, 0.1) is 5.56 Å². The molecule has 2 heteroatoms. The second kappa shape index (κ2) is 9.07. The number of furan rings is 2. The third-order valence-corrected chi connectivity index (χ3v) is 9.48. The highest BCUT2D eigenvalue weighted by molar-refractivity contribution is 6.29. The molecule has 2 nitrogen and oxygen atoms in total. The molecule has 0 unspecified atom stereocenters. The zero-order chi connectivity index (χ0) is 29.6. The van der Waals surface area contributed by atoms with Crippen LogP contribution in [0.2, 0.25) is 0 Å². The van der Waals surface area contributed by atoms with Gasteiger partial charge >= 0.3 is 0 Å². The van der Waals surface area contributed by atoms with Gasteiger partial charge in [-0.25, -0.2) is 0 Å². The molecule has 210 valence electrons. The molecule has 0 fully saturated rings. The Balaban J connectivity index is 1.43. The predicted molar refractivity (Wildman–Crippen MR) is 189 cm³/mol. The maximum atomic E-state index is 6.80. The van der Waals surface area contributed by atoms with E-state index in [4.69, 9.17) is 8.83 Å². The maximum absolute atomic E-state index is 6.80. The molecule has 45 heavy (non-hydrogen) atoms. The number of benzene rings is 8. The maximum Gasteiger partial charge on any atom is 0.147 e. The Morgan fingerprint density at radius 2 is 0.911 bits per heavy atom. The van der Waals surface area contributed by atoms with E-state index in [1.165, 1.54) is 49.0 Å². The van der Waals surface area contributed by atoms with E-state index in [-0.39, 0.29) is 0 Å². The number of para-hydroxylation sites is 1. The fraction of sp³-hybridized carbons (Fsp3) is 0.0233. The van der Waals surface area contributed by atoms with Gasteiger partial charge in [0.25, 0.3) is 0 Å². The minimum Gasteiger partial charge on any atom is -0.455 e. The Kier molecular flexibility index (Phi) is 4.95. The number of fused-ring (bicyclic) bond motifs is 9. The molecule has 0 amide bonds. The Labute approximate surface area is 258 Å². The van der Waals surface area contributed by atoms with Crippen molar-refractivity contribution in [2.24, 2.45) is 0 Å². The molecule has 2 aromatic heterocycles. The van der Waals surface area contributed by atoms with Crippen molar-refractivity contribution in [3.8, 4) is 22.3 Å². The Bertz CT molecular complexity index is 2770. The van der Waals surface area contributed by atoms with Gasteiger partial charge in [0.2, 0.25) is 0 Å². The molecule has 10 rings (SSSR count). The van der Waals surface area contributed by atoms with Crippen molar-refractivity contribution in [2.45, 2.75) is 6.92 Å². The molecular formula is C43H26O2. The summed E-state index contributed by atoms with van der Waals surface area (Å²) in [6.45, 7) is 2.14. The summed E-state index contributed by atoms with van der Waals surface area (Å²) in [6, 6.07) is 50.0. The van der Waals surface area contributed by atoms with Crippen LogP contribution in [0.4, 0.5) is 0 Å². The lowest BCUT2D eigenvalue weighted by Crippen LogP contribution is -1.92. The predicted octanol–water partition coefficient (Wildman–Crippen LogP) is 12.6. The molecule has 0 aliphatic rings. The fourth-order valence-corrected chi connectivity index (χ4v) is 7.48. The van der Waals surface area contributed by atoms with E-state index >= 15 is 0 Å². The number of hydrogen-bond acceptors (Lipinski definition) is 2. The highest BCUT2D eigenvalue weighted by Gasteiger charge is 2.25. The lowest BCUT2D eigenvalue weighted by Gasteiger charge is -2.18. The Morgan fingerprint density at radius 3 is 1.62 bits per heavy atom. The molecule has 8 aromatic carbocycles. The summed E-state index contributed by atoms with van der Waals surface area (Å²) in [7, 11) is 0. The molecule has 0 atom stereocenters. The van der Waals surface area contributed by atoms with Crippen LogP contribution in [-0.2, 0) is 0 Å².